The fourth-order valence-electron chi connectivity index (χ4n) is 3.35. The molecular formula is C19H19ClN4O. The molecule has 4 rings (SSSR count). The standard InChI is InChI=1S/C19H19ClN4O/c1-13-15-12-14(20)5-6-16(15)22-18(13)19(25)24-10-8-23(9-11-24)17-4-2-3-7-21-17/h2-7,12,22H,8-11H2,1H3. The molecule has 1 N–H and O–H groups in total. The van der Waals surface area contributed by atoms with E-state index in [0.717, 1.165) is 35.4 Å². The lowest BCUT2D eigenvalue weighted by molar-refractivity contribution is 0.0741. The Kier molecular flexibility index (Phi) is 4.09. The van der Waals surface area contributed by atoms with Gasteiger partial charge in [-0.15, -0.1) is 0 Å². The van der Waals surface area contributed by atoms with Crippen LogP contribution in [-0.2, 0) is 0 Å². The van der Waals surface area contributed by atoms with Crippen LogP contribution in [-0.4, -0.2) is 47.0 Å². The molecule has 3 heterocycles. The first-order chi connectivity index (χ1) is 12.1. The minimum atomic E-state index is 0.0468. The van der Waals surface area contributed by atoms with Crippen LogP contribution in [0.25, 0.3) is 10.9 Å². The van der Waals surface area contributed by atoms with Gasteiger partial charge in [0.25, 0.3) is 5.91 Å². The molecule has 0 aliphatic carbocycles. The number of halogens is 1. The minimum Gasteiger partial charge on any atom is -0.353 e. The summed E-state index contributed by atoms with van der Waals surface area (Å²) in [5.74, 6) is 1.01. The fourth-order valence-corrected chi connectivity index (χ4v) is 3.52. The largest absolute Gasteiger partial charge is 0.353 e. The summed E-state index contributed by atoms with van der Waals surface area (Å²) in [5, 5.41) is 1.68. The van der Waals surface area contributed by atoms with Crippen LogP contribution in [0.2, 0.25) is 5.02 Å². The molecule has 0 radical (unpaired) electrons. The number of hydrogen-bond donors (Lipinski definition) is 1. The summed E-state index contributed by atoms with van der Waals surface area (Å²) in [6.45, 7) is 4.91. The number of carbonyl (C=O) groups excluding carboxylic acids is 1. The van der Waals surface area contributed by atoms with E-state index in [4.69, 9.17) is 11.6 Å². The summed E-state index contributed by atoms with van der Waals surface area (Å²) >= 11 is 6.08. The van der Waals surface area contributed by atoms with Crippen LogP contribution in [0.1, 0.15) is 16.1 Å². The van der Waals surface area contributed by atoms with Crippen molar-refractivity contribution in [3.8, 4) is 0 Å². The van der Waals surface area contributed by atoms with Gasteiger partial charge in [-0.3, -0.25) is 4.79 Å². The molecule has 1 amide bonds. The maximum Gasteiger partial charge on any atom is 0.270 e. The predicted octanol–water partition coefficient (Wildman–Crippen LogP) is 3.49. The van der Waals surface area contributed by atoms with Crippen LogP contribution < -0.4 is 4.90 Å². The number of pyridine rings is 1. The Hall–Kier alpha value is -2.53. The van der Waals surface area contributed by atoms with Gasteiger partial charge in [0.15, 0.2) is 0 Å². The summed E-state index contributed by atoms with van der Waals surface area (Å²) < 4.78 is 0. The summed E-state index contributed by atoms with van der Waals surface area (Å²) in [6, 6.07) is 11.6. The van der Waals surface area contributed by atoms with Gasteiger partial charge in [0.2, 0.25) is 0 Å². The van der Waals surface area contributed by atoms with Gasteiger partial charge in [0, 0.05) is 48.3 Å². The highest BCUT2D eigenvalue weighted by atomic mass is 35.5. The molecule has 1 saturated heterocycles. The third-order valence-electron chi connectivity index (χ3n) is 4.77. The number of benzene rings is 1. The topological polar surface area (TPSA) is 52.2 Å². The van der Waals surface area contributed by atoms with Crippen molar-refractivity contribution in [2.45, 2.75) is 6.92 Å². The molecule has 5 nitrogen and oxygen atoms in total. The maximum absolute atomic E-state index is 12.9. The molecule has 2 aromatic heterocycles. The zero-order valence-electron chi connectivity index (χ0n) is 14.0. The summed E-state index contributed by atoms with van der Waals surface area (Å²) in [5.41, 5.74) is 2.55. The van der Waals surface area contributed by atoms with Gasteiger partial charge in [-0.1, -0.05) is 17.7 Å². The average Bonchev–Trinajstić information content (AvgIpc) is 2.98. The van der Waals surface area contributed by atoms with Crippen LogP contribution in [0.3, 0.4) is 0 Å². The molecule has 0 saturated carbocycles. The number of rotatable bonds is 2. The van der Waals surface area contributed by atoms with Gasteiger partial charge in [0.1, 0.15) is 11.5 Å². The van der Waals surface area contributed by atoms with E-state index in [2.05, 4.69) is 14.9 Å². The average molecular weight is 355 g/mol. The summed E-state index contributed by atoms with van der Waals surface area (Å²) in [4.78, 5) is 24.7. The molecule has 0 atom stereocenters. The van der Waals surface area contributed by atoms with Crippen molar-refractivity contribution in [1.29, 1.82) is 0 Å². The Labute approximate surface area is 151 Å². The number of carbonyl (C=O) groups is 1. The summed E-state index contributed by atoms with van der Waals surface area (Å²) in [6.07, 6.45) is 1.80. The number of fused-ring (bicyclic) bond motifs is 1. The van der Waals surface area contributed by atoms with E-state index in [0.29, 0.717) is 23.8 Å². The highest BCUT2D eigenvalue weighted by molar-refractivity contribution is 6.31. The predicted molar refractivity (Wildman–Crippen MR) is 100 cm³/mol. The van der Waals surface area contributed by atoms with Gasteiger partial charge in [-0.25, -0.2) is 4.98 Å². The second-order valence-corrected chi connectivity index (χ2v) is 6.72. The Morgan fingerprint density at radius 1 is 1.16 bits per heavy atom. The second-order valence-electron chi connectivity index (χ2n) is 6.28. The van der Waals surface area contributed by atoms with Crippen molar-refractivity contribution in [2.24, 2.45) is 0 Å². The highest BCUT2D eigenvalue weighted by Crippen LogP contribution is 2.26. The molecule has 1 fully saturated rings. The van der Waals surface area contributed by atoms with Gasteiger partial charge >= 0.3 is 0 Å². The van der Waals surface area contributed by atoms with E-state index in [9.17, 15) is 4.79 Å². The number of aromatic amines is 1. The lowest BCUT2D eigenvalue weighted by atomic mass is 10.1. The van der Waals surface area contributed by atoms with Gasteiger partial charge in [-0.2, -0.15) is 0 Å². The zero-order chi connectivity index (χ0) is 17.4. The highest BCUT2D eigenvalue weighted by Gasteiger charge is 2.25. The van der Waals surface area contributed by atoms with E-state index in [1.165, 1.54) is 0 Å². The molecule has 1 aliphatic heterocycles. The van der Waals surface area contributed by atoms with E-state index in [1.54, 1.807) is 6.20 Å². The number of piperazine rings is 1. The molecule has 6 heteroatoms. The molecular weight excluding hydrogens is 336 g/mol. The molecule has 1 aromatic carbocycles. The molecule has 25 heavy (non-hydrogen) atoms. The van der Waals surface area contributed by atoms with Crippen molar-refractivity contribution in [2.75, 3.05) is 31.1 Å². The van der Waals surface area contributed by atoms with Crippen molar-refractivity contribution in [3.05, 3.63) is 58.9 Å². The first-order valence-corrected chi connectivity index (χ1v) is 8.74. The number of nitrogens with one attached hydrogen (secondary N) is 1. The molecule has 3 aromatic rings. The van der Waals surface area contributed by atoms with Gasteiger partial charge in [-0.05, 0) is 42.8 Å². The first kappa shape index (κ1) is 16.0. The monoisotopic (exact) mass is 354 g/mol. The molecule has 1 aliphatic rings. The van der Waals surface area contributed by atoms with Crippen LogP contribution >= 0.6 is 11.6 Å². The van der Waals surface area contributed by atoms with Crippen LogP contribution in [0.5, 0.6) is 0 Å². The fraction of sp³-hybridized carbons (Fsp3) is 0.263. The van der Waals surface area contributed by atoms with Crippen molar-refractivity contribution < 1.29 is 4.79 Å². The smallest absolute Gasteiger partial charge is 0.270 e. The van der Waals surface area contributed by atoms with Crippen LogP contribution in [0, 0.1) is 6.92 Å². The zero-order valence-corrected chi connectivity index (χ0v) is 14.8. The van der Waals surface area contributed by atoms with E-state index < -0.39 is 0 Å². The van der Waals surface area contributed by atoms with Gasteiger partial charge in [0.05, 0.1) is 0 Å². The summed E-state index contributed by atoms with van der Waals surface area (Å²) in [7, 11) is 0. The number of hydrogen-bond acceptors (Lipinski definition) is 3. The quantitative estimate of drug-likeness (QED) is 0.766. The Bertz CT molecular complexity index is 914. The van der Waals surface area contributed by atoms with E-state index in [1.807, 2.05) is 48.2 Å². The lowest BCUT2D eigenvalue weighted by Gasteiger charge is -2.35. The minimum absolute atomic E-state index is 0.0468. The van der Waals surface area contributed by atoms with Gasteiger partial charge < -0.3 is 14.8 Å². The number of aromatic nitrogens is 2. The molecule has 128 valence electrons. The third-order valence-corrected chi connectivity index (χ3v) is 5.01. The Morgan fingerprint density at radius 3 is 2.68 bits per heavy atom. The Morgan fingerprint density at radius 2 is 1.96 bits per heavy atom. The number of anilines is 1. The number of nitrogens with zero attached hydrogens (tertiary/aromatic N) is 3. The number of amides is 1. The normalized spacial score (nSPS) is 15.0. The molecule has 0 unspecified atom stereocenters. The number of H-pyrrole nitrogens is 1. The second kappa shape index (κ2) is 6.41. The Balaban J connectivity index is 1.52. The maximum atomic E-state index is 12.9. The van der Waals surface area contributed by atoms with Crippen molar-refractivity contribution >= 4 is 34.2 Å². The van der Waals surface area contributed by atoms with Crippen LogP contribution in [0.4, 0.5) is 5.82 Å². The van der Waals surface area contributed by atoms with Crippen molar-refractivity contribution in [3.63, 3.8) is 0 Å². The number of aryl methyl sites for hydroxylation is 1. The van der Waals surface area contributed by atoms with E-state index >= 15 is 0 Å². The van der Waals surface area contributed by atoms with Crippen molar-refractivity contribution in [1.82, 2.24) is 14.9 Å². The van der Waals surface area contributed by atoms with Crippen LogP contribution in [0.15, 0.2) is 42.6 Å². The molecule has 0 bridgehead atoms. The SMILES string of the molecule is Cc1c(C(=O)N2CCN(c3ccccn3)CC2)[nH]c2ccc(Cl)cc12. The lowest BCUT2D eigenvalue weighted by Crippen LogP contribution is -2.49. The first-order valence-electron chi connectivity index (χ1n) is 8.36. The third kappa shape index (κ3) is 2.96. The van der Waals surface area contributed by atoms with E-state index in [-0.39, 0.29) is 5.91 Å². The molecule has 0 spiro atoms.